The van der Waals surface area contributed by atoms with Crippen LogP contribution in [-0.4, -0.2) is 83.6 Å². The van der Waals surface area contributed by atoms with Gasteiger partial charge in [0, 0.05) is 36.0 Å². The van der Waals surface area contributed by atoms with E-state index in [1.54, 1.807) is 13.8 Å². The van der Waals surface area contributed by atoms with Gasteiger partial charge >= 0.3 is 5.97 Å². The number of methoxy groups -OCH3 is 1. The van der Waals surface area contributed by atoms with Gasteiger partial charge < -0.3 is 39.4 Å². The molecule has 2 aromatic carbocycles. The molecule has 6 rings (SSSR count). The second kappa shape index (κ2) is 14.5. The fourth-order valence-corrected chi connectivity index (χ4v) is 7.63. The van der Waals surface area contributed by atoms with Crippen molar-refractivity contribution in [3.8, 4) is 17.2 Å². The molecule has 2 aromatic rings. The summed E-state index contributed by atoms with van der Waals surface area (Å²) < 4.78 is 23.9. The number of aliphatic hydroxyl groups excluding tert-OH is 3. The Balaban J connectivity index is 1.58. The summed E-state index contributed by atoms with van der Waals surface area (Å²) >= 11 is 0. The van der Waals surface area contributed by atoms with Gasteiger partial charge in [-0.1, -0.05) is 17.7 Å². The largest absolute Gasteiger partial charge is 0.496 e. The number of allylic oxidation sites excluding steroid dienone is 3. The first-order valence-electron chi connectivity index (χ1n) is 17.0. The molecule has 0 radical (unpaired) electrons. The van der Waals surface area contributed by atoms with Crippen molar-refractivity contribution in [2.45, 2.75) is 76.6 Å². The van der Waals surface area contributed by atoms with Crippen LogP contribution in [-0.2, 0) is 32.1 Å². The van der Waals surface area contributed by atoms with Crippen LogP contribution < -0.4 is 24.8 Å². The highest BCUT2D eigenvalue weighted by Crippen LogP contribution is 2.56. The predicted octanol–water partition coefficient (Wildman–Crippen LogP) is 1.74. The van der Waals surface area contributed by atoms with E-state index in [2.05, 4.69) is 4.99 Å². The van der Waals surface area contributed by atoms with Gasteiger partial charge in [0.25, 0.3) is 0 Å². The first kappa shape index (κ1) is 35.5. The van der Waals surface area contributed by atoms with Crippen LogP contribution in [0.2, 0.25) is 0 Å². The highest BCUT2D eigenvalue weighted by molar-refractivity contribution is 6.11. The van der Waals surface area contributed by atoms with Gasteiger partial charge in [0.1, 0.15) is 29.1 Å². The van der Waals surface area contributed by atoms with Crippen LogP contribution in [0.25, 0.3) is 11.6 Å². The fourth-order valence-electron chi connectivity index (χ4n) is 7.63. The minimum Gasteiger partial charge on any atom is -0.496 e. The zero-order valence-corrected chi connectivity index (χ0v) is 28.5. The Labute approximate surface area is 289 Å². The number of nitrogens with zero attached hydrogens (tertiary/aromatic N) is 1. The van der Waals surface area contributed by atoms with E-state index < -0.39 is 42.7 Å². The van der Waals surface area contributed by atoms with Gasteiger partial charge in [-0.05, 0) is 68.9 Å². The summed E-state index contributed by atoms with van der Waals surface area (Å²) in [6.07, 6.45) is 3.59. The minimum absolute atomic E-state index is 0.00208. The first-order chi connectivity index (χ1) is 24.1. The standard InChI is InChI=1S/C38H43NO11/c1-4-48-37(45)36-26(18-42)30(22-14-23(17-41)32(44)24(15-22)20-7-8-28-21(13-20)9-11-39-28)31-34(47-3)25-16-29(38(2,46)10-5-6-12-40)49-33(25)27(19-43)35(31)50-36/h7-9,13,18,23-24,29,40-41,43,46H,4-6,10-12,14-17,19H2,1-3H3. The van der Waals surface area contributed by atoms with Crippen LogP contribution in [0.15, 0.2) is 40.1 Å². The molecule has 12 nitrogen and oxygen atoms in total. The van der Waals surface area contributed by atoms with Gasteiger partial charge in [-0.3, -0.25) is 14.6 Å². The average molecular weight is 690 g/mol. The lowest BCUT2D eigenvalue weighted by Gasteiger charge is -2.34. The van der Waals surface area contributed by atoms with Crippen LogP contribution in [0.5, 0.6) is 17.2 Å². The lowest BCUT2D eigenvalue weighted by molar-refractivity contribution is -0.141. The molecule has 3 aliphatic heterocycles. The lowest BCUT2D eigenvalue weighted by atomic mass is 9.71. The summed E-state index contributed by atoms with van der Waals surface area (Å²) in [6, 6.07) is 5.65. The minimum atomic E-state index is -1.32. The number of carbonyl (C=O) groups excluding carboxylic acids is 3. The van der Waals surface area contributed by atoms with Gasteiger partial charge in [0.05, 0.1) is 61.1 Å². The maximum Gasteiger partial charge on any atom is 0.375 e. The Kier molecular flexibility index (Phi) is 10.3. The zero-order chi connectivity index (χ0) is 35.7. The molecule has 4 aliphatic rings. The summed E-state index contributed by atoms with van der Waals surface area (Å²) in [6.45, 7) is 2.79. The van der Waals surface area contributed by atoms with E-state index >= 15 is 0 Å². The lowest BCUT2D eigenvalue weighted by Crippen LogP contribution is -2.42. The van der Waals surface area contributed by atoms with Crippen LogP contribution >= 0.6 is 0 Å². The van der Waals surface area contributed by atoms with Crippen molar-refractivity contribution in [2.24, 2.45) is 10.9 Å². The molecule has 0 saturated heterocycles. The predicted molar refractivity (Wildman–Crippen MR) is 180 cm³/mol. The number of rotatable bonds is 12. The third kappa shape index (κ3) is 6.14. The second-order valence-corrected chi connectivity index (χ2v) is 13.3. The SMILES string of the molecule is CCOC(=O)C1=C(C=O)C(=C2CC(CO)C(=O)C(c3ccc4c(c3)=CCN=4)C2)c2c(OC)c3c(c(CO)c2O1)OC(C(C)(O)CCCCO)C3. The monoisotopic (exact) mass is 689 g/mol. The smallest absolute Gasteiger partial charge is 0.375 e. The number of Topliss-reactive ketones (excluding diaryl/α,β-unsaturated/α-hetero) is 1. The molecular weight excluding hydrogens is 646 g/mol. The molecule has 4 unspecified atom stereocenters. The molecule has 3 heterocycles. The molecule has 4 N–H and O–H groups in total. The number of hydrogen-bond donors (Lipinski definition) is 4. The maximum atomic E-state index is 13.8. The number of hydrogen-bond acceptors (Lipinski definition) is 12. The van der Waals surface area contributed by atoms with Gasteiger partial charge in [-0.25, -0.2) is 4.79 Å². The van der Waals surface area contributed by atoms with Crippen molar-refractivity contribution in [3.05, 3.63) is 67.9 Å². The van der Waals surface area contributed by atoms with E-state index in [4.69, 9.17) is 18.9 Å². The van der Waals surface area contributed by atoms with E-state index in [0.29, 0.717) is 54.4 Å². The van der Waals surface area contributed by atoms with E-state index in [9.17, 15) is 34.8 Å². The van der Waals surface area contributed by atoms with Crippen molar-refractivity contribution in [1.29, 1.82) is 0 Å². The molecule has 266 valence electrons. The summed E-state index contributed by atoms with van der Waals surface area (Å²) in [4.78, 5) is 44.7. The van der Waals surface area contributed by atoms with E-state index in [0.717, 1.165) is 16.1 Å². The van der Waals surface area contributed by atoms with Crippen LogP contribution in [0.3, 0.4) is 0 Å². The summed E-state index contributed by atoms with van der Waals surface area (Å²) in [5.74, 6) is -2.36. The normalized spacial score (nSPS) is 23.4. The Morgan fingerprint density at radius 3 is 2.62 bits per heavy atom. The number of fused-ring (bicyclic) bond motifs is 3. The second-order valence-electron chi connectivity index (χ2n) is 13.3. The topological polar surface area (TPSA) is 181 Å². The molecule has 1 fully saturated rings. The van der Waals surface area contributed by atoms with Crippen molar-refractivity contribution >= 4 is 29.7 Å². The Morgan fingerprint density at radius 1 is 1.14 bits per heavy atom. The number of ether oxygens (including phenoxy) is 4. The Bertz CT molecular complexity index is 1910. The highest BCUT2D eigenvalue weighted by Gasteiger charge is 2.46. The van der Waals surface area contributed by atoms with Gasteiger partial charge in [0.2, 0.25) is 5.76 Å². The molecule has 0 bridgehead atoms. The number of unbranched alkanes of at least 4 members (excludes halogenated alkanes) is 1. The molecule has 12 heteroatoms. The summed E-state index contributed by atoms with van der Waals surface area (Å²) in [7, 11) is 1.45. The van der Waals surface area contributed by atoms with Crippen molar-refractivity contribution < 1.29 is 53.8 Å². The van der Waals surface area contributed by atoms with E-state index in [1.807, 2.05) is 24.3 Å². The molecule has 1 saturated carbocycles. The maximum absolute atomic E-state index is 13.8. The van der Waals surface area contributed by atoms with Crippen LogP contribution in [0.4, 0.5) is 0 Å². The third-order valence-corrected chi connectivity index (χ3v) is 10.2. The molecular formula is C38H43NO11. The van der Waals surface area contributed by atoms with Crippen LogP contribution in [0, 0.1) is 5.92 Å². The fraction of sp³-hybridized carbons (Fsp3) is 0.474. The number of ketones is 1. The number of benzene rings is 2. The molecule has 1 aliphatic carbocycles. The molecule has 0 aromatic heterocycles. The zero-order valence-electron chi connectivity index (χ0n) is 28.5. The molecule has 4 atom stereocenters. The first-order valence-corrected chi connectivity index (χ1v) is 17.0. The molecule has 0 amide bonds. The summed E-state index contributed by atoms with van der Waals surface area (Å²) in [5.41, 5.74) is 1.26. The van der Waals surface area contributed by atoms with Gasteiger partial charge in [-0.15, -0.1) is 0 Å². The highest BCUT2D eigenvalue weighted by atomic mass is 16.6. The molecule has 50 heavy (non-hydrogen) atoms. The van der Waals surface area contributed by atoms with Crippen LogP contribution in [0.1, 0.15) is 74.1 Å². The Hall–Kier alpha value is -4.36. The van der Waals surface area contributed by atoms with Crippen molar-refractivity contribution in [2.75, 3.05) is 33.5 Å². The van der Waals surface area contributed by atoms with E-state index in [1.165, 1.54) is 7.11 Å². The number of esters is 1. The van der Waals surface area contributed by atoms with E-state index in [-0.39, 0.29) is 72.4 Å². The average Bonchev–Trinajstić information content (AvgIpc) is 3.78. The van der Waals surface area contributed by atoms with Gasteiger partial charge in [-0.2, -0.15) is 0 Å². The Morgan fingerprint density at radius 2 is 1.94 bits per heavy atom. The third-order valence-electron chi connectivity index (χ3n) is 10.2. The number of aliphatic hydroxyl groups is 4. The van der Waals surface area contributed by atoms with Gasteiger partial charge in [0.15, 0.2) is 6.29 Å². The van der Waals surface area contributed by atoms with Crippen molar-refractivity contribution in [3.63, 3.8) is 0 Å². The number of aldehydes is 1. The summed E-state index contributed by atoms with van der Waals surface area (Å²) in [5, 5.41) is 43.8. The quantitative estimate of drug-likeness (QED) is 0.145. The molecule has 0 spiro atoms. The number of carbonyl (C=O) groups is 3. The van der Waals surface area contributed by atoms with Crippen molar-refractivity contribution in [1.82, 2.24) is 0 Å².